The number of aryl methyl sites for hydroxylation is 1. The highest BCUT2D eigenvalue weighted by Crippen LogP contribution is 2.35. The van der Waals surface area contributed by atoms with Crippen LogP contribution >= 0.6 is 0 Å². The average molecular weight is 419 g/mol. The van der Waals surface area contributed by atoms with Crippen molar-refractivity contribution in [1.82, 2.24) is 9.88 Å². The van der Waals surface area contributed by atoms with Gasteiger partial charge < -0.3 is 4.98 Å². The largest absolute Gasteiger partial charge is 0.358 e. The predicted molar refractivity (Wildman–Crippen MR) is 110 cm³/mol. The van der Waals surface area contributed by atoms with Crippen LogP contribution in [-0.2, 0) is 16.4 Å². The molecule has 0 spiro atoms. The van der Waals surface area contributed by atoms with Crippen LogP contribution in [0.4, 0.5) is 8.78 Å². The Bertz CT molecular complexity index is 1100. The molecule has 154 valence electrons. The van der Waals surface area contributed by atoms with Crippen LogP contribution in [0.3, 0.4) is 0 Å². The zero-order chi connectivity index (χ0) is 20.6. The number of H-pyrrole nitrogens is 1. The summed E-state index contributed by atoms with van der Waals surface area (Å²) in [5, 5.41) is 1.30. The van der Waals surface area contributed by atoms with Crippen LogP contribution in [0.5, 0.6) is 0 Å². The second kappa shape index (κ2) is 7.88. The van der Waals surface area contributed by atoms with Crippen molar-refractivity contribution in [3.8, 4) is 0 Å². The van der Waals surface area contributed by atoms with E-state index in [0.29, 0.717) is 12.5 Å². The summed E-state index contributed by atoms with van der Waals surface area (Å²) in [6.45, 7) is 4.71. The van der Waals surface area contributed by atoms with Gasteiger partial charge in [0.15, 0.2) is 0 Å². The molecule has 29 heavy (non-hydrogen) atoms. The monoisotopic (exact) mass is 418 g/mol. The van der Waals surface area contributed by atoms with Gasteiger partial charge in [-0.25, -0.2) is 8.42 Å². The van der Waals surface area contributed by atoms with E-state index in [-0.39, 0.29) is 4.90 Å². The highest BCUT2D eigenvalue weighted by atomic mass is 32.2. The number of nitrogens with one attached hydrogen (secondary N) is 1. The predicted octanol–water partition coefficient (Wildman–Crippen LogP) is 4.85. The minimum Gasteiger partial charge on any atom is -0.358 e. The van der Waals surface area contributed by atoms with Gasteiger partial charge in [0, 0.05) is 23.1 Å². The normalized spacial score (nSPS) is 16.7. The molecule has 0 aliphatic carbocycles. The summed E-state index contributed by atoms with van der Waals surface area (Å²) in [5.41, 5.74) is 4.77. The molecule has 0 saturated carbocycles. The number of aromatic amines is 1. The molecular weight excluding hydrogens is 394 g/mol. The molecule has 4 rings (SSSR count). The maximum atomic E-state index is 12.7. The Morgan fingerprint density at radius 1 is 1.07 bits per heavy atom. The molecule has 3 aromatic rings. The molecule has 0 atom stereocenters. The van der Waals surface area contributed by atoms with E-state index >= 15 is 0 Å². The van der Waals surface area contributed by atoms with Crippen molar-refractivity contribution in [3.63, 3.8) is 0 Å². The SMILES string of the molecule is Cc1[nH]c2ccccc2c1C1CCN(Cc2ccc(S(=O)(=O)C(F)F)cc2)CC1. The summed E-state index contributed by atoms with van der Waals surface area (Å²) in [6.07, 6.45) is 2.11. The second-order valence-electron chi connectivity index (χ2n) is 7.71. The first-order valence-corrected chi connectivity index (χ1v) is 11.3. The third-order valence-corrected chi connectivity index (χ3v) is 7.23. The van der Waals surface area contributed by atoms with Gasteiger partial charge in [0.2, 0.25) is 9.84 Å². The van der Waals surface area contributed by atoms with Gasteiger partial charge in [0.1, 0.15) is 0 Å². The lowest BCUT2D eigenvalue weighted by atomic mass is 9.87. The molecule has 1 aromatic heterocycles. The number of benzene rings is 2. The number of likely N-dealkylation sites (tertiary alicyclic amines) is 1. The summed E-state index contributed by atoms with van der Waals surface area (Å²) in [5.74, 6) is -2.87. The van der Waals surface area contributed by atoms with Crippen molar-refractivity contribution in [3.05, 3.63) is 65.4 Å². The molecule has 1 saturated heterocycles. The van der Waals surface area contributed by atoms with E-state index in [4.69, 9.17) is 0 Å². The number of piperidine rings is 1. The lowest BCUT2D eigenvalue weighted by molar-refractivity contribution is 0.205. The fourth-order valence-electron chi connectivity index (χ4n) is 4.35. The van der Waals surface area contributed by atoms with Gasteiger partial charge in [0.25, 0.3) is 0 Å². The van der Waals surface area contributed by atoms with Crippen molar-refractivity contribution < 1.29 is 17.2 Å². The molecule has 2 aromatic carbocycles. The number of rotatable bonds is 5. The van der Waals surface area contributed by atoms with E-state index in [0.717, 1.165) is 31.5 Å². The molecule has 0 bridgehead atoms. The standard InChI is InChI=1S/C22H24F2N2O2S/c1-15-21(19-4-2-3-5-20(19)25-15)17-10-12-26(13-11-17)14-16-6-8-18(9-7-16)29(27,28)22(23)24/h2-9,17,22,25H,10-14H2,1H3. The molecule has 1 N–H and O–H groups in total. The van der Waals surface area contributed by atoms with Crippen molar-refractivity contribution in [2.75, 3.05) is 13.1 Å². The van der Waals surface area contributed by atoms with Gasteiger partial charge in [-0.2, -0.15) is 8.78 Å². The molecule has 0 radical (unpaired) electrons. The Labute approximate surface area is 169 Å². The number of fused-ring (bicyclic) bond motifs is 1. The lowest BCUT2D eigenvalue weighted by Crippen LogP contribution is -2.32. The summed E-state index contributed by atoms with van der Waals surface area (Å²) in [6, 6.07) is 14.2. The van der Waals surface area contributed by atoms with Crippen LogP contribution in [0.2, 0.25) is 0 Å². The molecule has 0 unspecified atom stereocenters. The Kier molecular flexibility index (Phi) is 5.44. The molecule has 1 fully saturated rings. The fraction of sp³-hybridized carbons (Fsp3) is 0.364. The van der Waals surface area contributed by atoms with Gasteiger partial charge in [-0.05, 0) is 68.1 Å². The minimum absolute atomic E-state index is 0.329. The smallest absolute Gasteiger partial charge is 0.341 e. The first-order valence-electron chi connectivity index (χ1n) is 9.77. The van der Waals surface area contributed by atoms with Crippen LogP contribution in [-0.4, -0.2) is 37.1 Å². The summed E-state index contributed by atoms with van der Waals surface area (Å²) in [7, 11) is -4.53. The van der Waals surface area contributed by atoms with Crippen LogP contribution in [0, 0.1) is 6.92 Å². The van der Waals surface area contributed by atoms with Crippen LogP contribution in [0.25, 0.3) is 10.9 Å². The molecule has 1 aliphatic heterocycles. The van der Waals surface area contributed by atoms with E-state index in [9.17, 15) is 17.2 Å². The number of hydrogen-bond donors (Lipinski definition) is 1. The quantitative estimate of drug-likeness (QED) is 0.644. The zero-order valence-electron chi connectivity index (χ0n) is 16.2. The molecule has 0 amide bonds. The van der Waals surface area contributed by atoms with Crippen molar-refractivity contribution in [1.29, 1.82) is 0 Å². The van der Waals surface area contributed by atoms with E-state index in [1.807, 2.05) is 6.07 Å². The van der Waals surface area contributed by atoms with Gasteiger partial charge >= 0.3 is 5.76 Å². The molecule has 7 heteroatoms. The van der Waals surface area contributed by atoms with Crippen molar-refractivity contribution in [2.45, 2.75) is 42.9 Å². The number of para-hydroxylation sites is 1. The second-order valence-corrected chi connectivity index (χ2v) is 9.63. The maximum absolute atomic E-state index is 12.7. The first kappa shape index (κ1) is 20.0. The van der Waals surface area contributed by atoms with Crippen LogP contribution < -0.4 is 0 Å². The summed E-state index contributed by atoms with van der Waals surface area (Å²) >= 11 is 0. The number of hydrogen-bond acceptors (Lipinski definition) is 3. The first-order chi connectivity index (χ1) is 13.9. The number of alkyl halides is 2. The zero-order valence-corrected chi connectivity index (χ0v) is 17.1. The summed E-state index contributed by atoms with van der Waals surface area (Å²) in [4.78, 5) is 5.49. The average Bonchev–Trinajstić information content (AvgIpc) is 3.04. The van der Waals surface area contributed by atoms with Crippen molar-refractivity contribution in [2.24, 2.45) is 0 Å². The van der Waals surface area contributed by atoms with Crippen LogP contribution in [0.15, 0.2) is 53.4 Å². The van der Waals surface area contributed by atoms with Gasteiger partial charge in [-0.15, -0.1) is 0 Å². The number of aromatic nitrogens is 1. The van der Waals surface area contributed by atoms with E-state index in [2.05, 4.69) is 35.0 Å². The molecule has 1 aliphatic rings. The van der Waals surface area contributed by atoms with Crippen molar-refractivity contribution >= 4 is 20.7 Å². The van der Waals surface area contributed by atoms with E-state index in [1.165, 1.54) is 34.3 Å². The lowest BCUT2D eigenvalue weighted by Gasteiger charge is -2.32. The highest BCUT2D eigenvalue weighted by Gasteiger charge is 2.27. The molecular formula is C22H24F2N2O2S. The third kappa shape index (κ3) is 3.94. The number of nitrogens with zero attached hydrogens (tertiary/aromatic N) is 1. The molecule has 2 heterocycles. The Balaban J connectivity index is 1.41. The molecule has 4 nitrogen and oxygen atoms in total. The van der Waals surface area contributed by atoms with Gasteiger partial charge in [-0.3, -0.25) is 4.90 Å². The van der Waals surface area contributed by atoms with E-state index in [1.54, 1.807) is 12.1 Å². The van der Waals surface area contributed by atoms with Gasteiger partial charge in [0.05, 0.1) is 4.90 Å². The Morgan fingerprint density at radius 3 is 2.38 bits per heavy atom. The fourth-order valence-corrected chi connectivity index (χ4v) is 5.07. The summed E-state index contributed by atoms with van der Waals surface area (Å²) < 4.78 is 48.4. The topological polar surface area (TPSA) is 53.2 Å². The Morgan fingerprint density at radius 2 is 1.72 bits per heavy atom. The van der Waals surface area contributed by atoms with Gasteiger partial charge in [-0.1, -0.05) is 30.3 Å². The van der Waals surface area contributed by atoms with Crippen LogP contribution in [0.1, 0.15) is 35.6 Å². The number of halogens is 2. The highest BCUT2D eigenvalue weighted by molar-refractivity contribution is 7.91. The Hall–Kier alpha value is -2.25. The minimum atomic E-state index is -4.53. The maximum Gasteiger partial charge on any atom is 0.341 e. The van der Waals surface area contributed by atoms with E-state index < -0.39 is 15.6 Å². The number of sulfone groups is 1. The third-order valence-electron chi connectivity index (χ3n) is 5.83.